The number of benzene rings is 2. The Morgan fingerprint density at radius 2 is 1.89 bits per heavy atom. The molecule has 0 aromatic heterocycles. The van der Waals surface area contributed by atoms with E-state index < -0.39 is 5.60 Å². The molecule has 2 atom stereocenters. The van der Waals surface area contributed by atoms with E-state index in [2.05, 4.69) is 0 Å². The molecular formula is C28H35ClN2O5. The zero-order chi connectivity index (χ0) is 25.4. The molecule has 36 heavy (non-hydrogen) atoms. The van der Waals surface area contributed by atoms with Gasteiger partial charge in [0, 0.05) is 31.8 Å². The number of carbonyl (C=O) groups is 2. The minimum atomic E-state index is -0.955. The van der Waals surface area contributed by atoms with Gasteiger partial charge in [0.05, 0.1) is 32.1 Å². The molecule has 0 bridgehead atoms. The molecule has 7 nitrogen and oxygen atoms in total. The number of nitrogens with zero attached hydrogens (tertiary/aromatic N) is 2. The lowest BCUT2D eigenvalue weighted by atomic mass is 9.96. The number of halogens is 1. The Labute approximate surface area is 218 Å². The van der Waals surface area contributed by atoms with Crippen LogP contribution >= 0.6 is 11.6 Å². The molecule has 2 heterocycles. The third-order valence-electron chi connectivity index (χ3n) is 6.75. The second kappa shape index (κ2) is 12.6. The van der Waals surface area contributed by atoms with Crippen molar-refractivity contribution in [3.63, 3.8) is 0 Å². The van der Waals surface area contributed by atoms with E-state index in [-0.39, 0.29) is 37.5 Å². The maximum absolute atomic E-state index is 13.3. The van der Waals surface area contributed by atoms with Crippen molar-refractivity contribution in [2.45, 2.75) is 50.4 Å². The molecule has 2 saturated heterocycles. The van der Waals surface area contributed by atoms with Gasteiger partial charge in [-0.3, -0.25) is 9.59 Å². The molecule has 2 aromatic rings. The molecule has 2 unspecified atom stereocenters. The Hall–Kier alpha value is -2.61. The molecule has 0 N–H and O–H groups in total. The Bertz CT molecular complexity index is 997. The lowest BCUT2D eigenvalue weighted by molar-refractivity contribution is -0.167. The van der Waals surface area contributed by atoms with Crippen LogP contribution < -0.4 is 4.74 Å². The fraction of sp³-hybridized carbons (Fsp3) is 0.500. The summed E-state index contributed by atoms with van der Waals surface area (Å²) < 4.78 is 18.1. The summed E-state index contributed by atoms with van der Waals surface area (Å²) in [6, 6.07) is 16.9. The molecule has 4 rings (SSSR count). The summed E-state index contributed by atoms with van der Waals surface area (Å²) in [6.45, 7) is 2.47. The first kappa shape index (κ1) is 26.5. The Morgan fingerprint density at radius 3 is 2.61 bits per heavy atom. The van der Waals surface area contributed by atoms with Crippen LogP contribution in [0.3, 0.4) is 0 Å². The lowest BCUT2D eigenvalue weighted by Gasteiger charge is -2.43. The van der Waals surface area contributed by atoms with Gasteiger partial charge in [0.2, 0.25) is 11.8 Å². The molecule has 2 amide bonds. The van der Waals surface area contributed by atoms with Crippen molar-refractivity contribution >= 4 is 23.4 Å². The minimum absolute atomic E-state index is 0.0335. The van der Waals surface area contributed by atoms with Crippen molar-refractivity contribution in [2.24, 2.45) is 0 Å². The maximum atomic E-state index is 13.3. The van der Waals surface area contributed by atoms with Crippen molar-refractivity contribution in [3.8, 4) is 5.75 Å². The van der Waals surface area contributed by atoms with Crippen molar-refractivity contribution in [1.29, 1.82) is 0 Å². The molecule has 2 aliphatic heterocycles. The van der Waals surface area contributed by atoms with Crippen LogP contribution in [0.2, 0.25) is 5.02 Å². The third-order valence-corrected chi connectivity index (χ3v) is 7.01. The maximum Gasteiger partial charge on any atom is 0.225 e. The predicted octanol–water partition coefficient (Wildman–Crippen LogP) is 4.32. The number of amides is 2. The van der Waals surface area contributed by atoms with Crippen molar-refractivity contribution < 1.29 is 23.8 Å². The van der Waals surface area contributed by atoms with E-state index >= 15 is 0 Å². The highest BCUT2D eigenvalue weighted by molar-refractivity contribution is 6.30. The number of rotatable bonds is 9. The fourth-order valence-corrected chi connectivity index (χ4v) is 4.82. The summed E-state index contributed by atoms with van der Waals surface area (Å²) in [4.78, 5) is 30.0. The third kappa shape index (κ3) is 7.45. The first-order valence-corrected chi connectivity index (χ1v) is 13.0. The van der Waals surface area contributed by atoms with Crippen LogP contribution in [-0.2, 0) is 25.6 Å². The first-order chi connectivity index (χ1) is 17.4. The Balaban J connectivity index is 1.45. The van der Waals surface area contributed by atoms with Crippen LogP contribution in [-0.4, -0.2) is 73.3 Å². The number of hydrogen-bond donors (Lipinski definition) is 0. The van der Waals surface area contributed by atoms with Gasteiger partial charge in [0.1, 0.15) is 18.0 Å². The smallest absolute Gasteiger partial charge is 0.225 e. The molecule has 0 spiro atoms. The first-order valence-electron chi connectivity index (χ1n) is 12.6. The van der Waals surface area contributed by atoms with E-state index in [4.69, 9.17) is 25.8 Å². The topological polar surface area (TPSA) is 68.3 Å². The normalized spacial score (nSPS) is 22.2. The highest BCUT2D eigenvalue weighted by Gasteiger charge is 2.42. The quantitative estimate of drug-likeness (QED) is 0.498. The van der Waals surface area contributed by atoms with E-state index in [1.807, 2.05) is 30.3 Å². The van der Waals surface area contributed by atoms with Crippen molar-refractivity contribution in [2.75, 3.05) is 40.0 Å². The molecular weight excluding hydrogens is 480 g/mol. The van der Waals surface area contributed by atoms with Crippen LogP contribution in [0.15, 0.2) is 54.6 Å². The van der Waals surface area contributed by atoms with Gasteiger partial charge in [0.25, 0.3) is 0 Å². The number of carbonyl (C=O) groups excluding carboxylic acids is 2. The standard InChI is InChI=1S/C28H35ClN2O5/c1-30(19-22-7-3-2-4-8-22)27(33)18-28(21-35-24-12-10-23(29)11-13-24)20-31(14-16-36-28)26(32)17-25-9-5-6-15-34-25/h2-4,7-8,10-13,25H,5-6,9,14-21H2,1H3. The van der Waals surface area contributed by atoms with E-state index in [1.165, 1.54) is 0 Å². The Kier molecular flexibility index (Phi) is 9.24. The summed E-state index contributed by atoms with van der Waals surface area (Å²) in [7, 11) is 1.79. The zero-order valence-corrected chi connectivity index (χ0v) is 21.6. The summed E-state index contributed by atoms with van der Waals surface area (Å²) in [5.74, 6) is 0.598. The van der Waals surface area contributed by atoms with Gasteiger partial charge in [-0.1, -0.05) is 41.9 Å². The van der Waals surface area contributed by atoms with Crippen LogP contribution in [0.4, 0.5) is 0 Å². The van der Waals surface area contributed by atoms with Crippen molar-refractivity contribution in [1.82, 2.24) is 9.80 Å². The van der Waals surface area contributed by atoms with Crippen LogP contribution in [0, 0.1) is 0 Å². The van der Waals surface area contributed by atoms with E-state index in [1.54, 1.807) is 41.1 Å². The highest BCUT2D eigenvalue weighted by Crippen LogP contribution is 2.27. The number of morpholine rings is 1. The SMILES string of the molecule is CN(Cc1ccccc1)C(=O)CC1(COc2ccc(Cl)cc2)CN(C(=O)CC2CCCCO2)CCO1. The van der Waals surface area contributed by atoms with Gasteiger partial charge in [-0.25, -0.2) is 0 Å². The van der Waals surface area contributed by atoms with Gasteiger partial charge in [-0.2, -0.15) is 0 Å². The minimum Gasteiger partial charge on any atom is -0.490 e. The summed E-state index contributed by atoms with van der Waals surface area (Å²) in [5.41, 5.74) is 0.0943. The van der Waals surface area contributed by atoms with Gasteiger partial charge < -0.3 is 24.0 Å². The molecule has 0 aliphatic carbocycles. The van der Waals surface area contributed by atoms with Gasteiger partial charge in [-0.15, -0.1) is 0 Å². The zero-order valence-electron chi connectivity index (χ0n) is 20.9. The molecule has 2 fully saturated rings. The number of ether oxygens (including phenoxy) is 3. The lowest BCUT2D eigenvalue weighted by Crippen LogP contribution is -2.58. The van der Waals surface area contributed by atoms with Gasteiger partial charge in [0.15, 0.2) is 0 Å². The summed E-state index contributed by atoms with van der Waals surface area (Å²) in [5, 5.41) is 0.616. The fourth-order valence-electron chi connectivity index (χ4n) is 4.70. The molecule has 194 valence electrons. The summed E-state index contributed by atoms with van der Waals surface area (Å²) >= 11 is 6.01. The number of hydrogen-bond acceptors (Lipinski definition) is 5. The largest absolute Gasteiger partial charge is 0.490 e. The van der Waals surface area contributed by atoms with E-state index in [9.17, 15) is 9.59 Å². The highest BCUT2D eigenvalue weighted by atomic mass is 35.5. The molecule has 0 saturated carbocycles. The Morgan fingerprint density at radius 1 is 1.11 bits per heavy atom. The average molecular weight is 515 g/mol. The predicted molar refractivity (Wildman–Crippen MR) is 138 cm³/mol. The molecule has 8 heteroatoms. The molecule has 2 aliphatic rings. The summed E-state index contributed by atoms with van der Waals surface area (Å²) in [6.07, 6.45) is 3.47. The van der Waals surface area contributed by atoms with Crippen LogP contribution in [0.1, 0.15) is 37.7 Å². The second-order valence-corrected chi connectivity index (χ2v) is 10.1. The van der Waals surface area contributed by atoms with Crippen molar-refractivity contribution in [3.05, 3.63) is 65.2 Å². The van der Waals surface area contributed by atoms with Crippen LogP contribution in [0.25, 0.3) is 0 Å². The van der Waals surface area contributed by atoms with E-state index in [0.717, 1.165) is 24.8 Å². The van der Waals surface area contributed by atoms with Gasteiger partial charge >= 0.3 is 0 Å². The van der Waals surface area contributed by atoms with Gasteiger partial charge in [-0.05, 0) is 49.1 Å². The second-order valence-electron chi connectivity index (χ2n) is 9.69. The average Bonchev–Trinajstić information content (AvgIpc) is 2.89. The van der Waals surface area contributed by atoms with Crippen LogP contribution in [0.5, 0.6) is 5.75 Å². The monoisotopic (exact) mass is 514 g/mol. The molecule has 0 radical (unpaired) electrons. The molecule has 2 aromatic carbocycles. The van der Waals surface area contributed by atoms with E-state index in [0.29, 0.717) is 43.5 Å².